The molecule has 21 heavy (non-hydrogen) atoms. The molecule has 1 aromatic carbocycles. The second-order valence-electron chi connectivity index (χ2n) is 5.38. The molecule has 1 aromatic heterocycles. The molecule has 1 aliphatic rings. The van der Waals surface area contributed by atoms with Crippen LogP contribution in [-0.4, -0.2) is 19.3 Å². The van der Waals surface area contributed by atoms with E-state index in [9.17, 15) is 8.42 Å². The smallest absolute Gasteiger partial charge is 0.243 e. The molecule has 0 radical (unpaired) electrons. The van der Waals surface area contributed by atoms with Crippen molar-refractivity contribution < 1.29 is 8.42 Å². The molecule has 3 rings (SSSR count). The Bertz CT molecular complexity index is 794. The van der Waals surface area contributed by atoms with Crippen LogP contribution in [0.15, 0.2) is 28.5 Å². The summed E-state index contributed by atoms with van der Waals surface area (Å²) in [5, 5.41) is 2.03. The molecular formula is C15H18N2O2S2. The number of benzene rings is 1. The summed E-state index contributed by atoms with van der Waals surface area (Å²) in [4.78, 5) is 1.66. The third-order valence-electron chi connectivity index (χ3n) is 4.02. The standard InChI is InChI=1S/C15H18N2O2S2/c1-10-3-4-13(16)11(2)15(10)21(18,19)17-7-5-14-12(9-17)6-8-20-14/h3-4,6,8H,5,7,9,16H2,1-2H3. The SMILES string of the molecule is Cc1ccc(N)c(C)c1S(=O)(=O)N1CCc2sccc2C1. The molecule has 0 spiro atoms. The van der Waals surface area contributed by atoms with Crippen LogP contribution in [0.2, 0.25) is 0 Å². The molecule has 0 saturated heterocycles. The van der Waals surface area contributed by atoms with Gasteiger partial charge in [0.25, 0.3) is 0 Å². The highest BCUT2D eigenvalue weighted by Gasteiger charge is 2.31. The average Bonchev–Trinajstić information content (AvgIpc) is 2.90. The van der Waals surface area contributed by atoms with Gasteiger partial charge in [0.1, 0.15) is 0 Å². The zero-order valence-electron chi connectivity index (χ0n) is 12.1. The summed E-state index contributed by atoms with van der Waals surface area (Å²) in [7, 11) is -3.51. The van der Waals surface area contributed by atoms with E-state index in [1.54, 1.807) is 34.7 Å². The number of anilines is 1. The molecule has 6 heteroatoms. The lowest BCUT2D eigenvalue weighted by Gasteiger charge is -2.27. The van der Waals surface area contributed by atoms with Crippen molar-refractivity contribution in [1.82, 2.24) is 4.31 Å². The Morgan fingerprint density at radius 2 is 2.00 bits per heavy atom. The lowest BCUT2D eigenvalue weighted by Crippen LogP contribution is -2.36. The van der Waals surface area contributed by atoms with E-state index in [1.807, 2.05) is 18.4 Å². The van der Waals surface area contributed by atoms with Gasteiger partial charge in [0.2, 0.25) is 10.0 Å². The van der Waals surface area contributed by atoms with Crippen molar-refractivity contribution >= 4 is 27.0 Å². The molecule has 112 valence electrons. The molecule has 2 N–H and O–H groups in total. The first-order valence-electron chi connectivity index (χ1n) is 6.82. The van der Waals surface area contributed by atoms with Gasteiger partial charge in [0.15, 0.2) is 0 Å². The van der Waals surface area contributed by atoms with Gasteiger partial charge in [-0.2, -0.15) is 4.31 Å². The lowest BCUT2D eigenvalue weighted by molar-refractivity contribution is 0.393. The minimum atomic E-state index is -3.51. The fourth-order valence-electron chi connectivity index (χ4n) is 2.80. The van der Waals surface area contributed by atoms with Crippen LogP contribution in [0.1, 0.15) is 21.6 Å². The summed E-state index contributed by atoms with van der Waals surface area (Å²) >= 11 is 1.70. The summed E-state index contributed by atoms with van der Waals surface area (Å²) in [6, 6.07) is 5.55. The topological polar surface area (TPSA) is 63.4 Å². The van der Waals surface area contributed by atoms with Crippen molar-refractivity contribution in [3.8, 4) is 0 Å². The molecule has 4 nitrogen and oxygen atoms in total. The van der Waals surface area contributed by atoms with Crippen LogP contribution in [0.5, 0.6) is 0 Å². The molecule has 2 heterocycles. The lowest BCUT2D eigenvalue weighted by atomic mass is 10.1. The zero-order valence-corrected chi connectivity index (χ0v) is 13.7. The van der Waals surface area contributed by atoms with Crippen molar-refractivity contribution in [3.63, 3.8) is 0 Å². The maximum Gasteiger partial charge on any atom is 0.243 e. The average molecular weight is 322 g/mol. The van der Waals surface area contributed by atoms with Gasteiger partial charge in [-0.25, -0.2) is 8.42 Å². The fraction of sp³-hybridized carbons (Fsp3) is 0.333. The van der Waals surface area contributed by atoms with E-state index in [0.29, 0.717) is 29.2 Å². The van der Waals surface area contributed by atoms with Gasteiger partial charge in [-0.15, -0.1) is 11.3 Å². The van der Waals surface area contributed by atoms with Gasteiger partial charge in [-0.1, -0.05) is 6.07 Å². The number of hydrogen-bond acceptors (Lipinski definition) is 4. The van der Waals surface area contributed by atoms with E-state index in [2.05, 4.69) is 0 Å². The number of nitrogen functional groups attached to an aromatic ring is 1. The molecule has 0 amide bonds. The molecule has 0 bridgehead atoms. The largest absolute Gasteiger partial charge is 0.398 e. The van der Waals surface area contributed by atoms with Crippen LogP contribution < -0.4 is 5.73 Å². The number of sulfonamides is 1. The monoisotopic (exact) mass is 322 g/mol. The minimum absolute atomic E-state index is 0.362. The Morgan fingerprint density at radius 3 is 2.76 bits per heavy atom. The van der Waals surface area contributed by atoms with E-state index < -0.39 is 10.0 Å². The molecule has 0 unspecified atom stereocenters. The van der Waals surface area contributed by atoms with Gasteiger partial charge in [-0.05, 0) is 54.5 Å². The van der Waals surface area contributed by atoms with Crippen molar-refractivity contribution in [3.05, 3.63) is 45.1 Å². The Hall–Kier alpha value is -1.37. The van der Waals surface area contributed by atoms with Crippen LogP contribution in [0.25, 0.3) is 0 Å². The van der Waals surface area contributed by atoms with E-state index in [1.165, 1.54) is 4.88 Å². The molecule has 0 aliphatic carbocycles. The maximum absolute atomic E-state index is 13.0. The zero-order chi connectivity index (χ0) is 15.2. The first-order valence-corrected chi connectivity index (χ1v) is 9.14. The minimum Gasteiger partial charge on any atom is -0.398 e. The van der Waals surface area contributed by atoms with Crippen LogP contribution in [0.3, 0.4) is 0 Å². The number of nitrogens with zero attached hydrogens (tertiary/aromatic N) is 1. The van der Waals surface area contributed by atoms with Crippen LogP contribution in [0.4, 0.5) is 5.69 Å². The van der Waals surface area contributed by atoms with E-state index in [0.717, 1.165) is 17.5 Å². The Labute approximate surface area is 129 Å². The predicted molar refractivity (Wildman–Crippen MR) is 85.9 cm³/mol. The molecule has 0 saturated carbocycles. The van der Waals surface area contributed by atoms with E-state index >= 15 is 0 Å². The molecule has 0 atom stereocenters. The van der Waals surface area contributed by atoms with Crippen molar-refractivity contribution in [2.45, 2.75) is 31.7 Å². The number of rotatable bonds is 2. The highest BCUT2D eigenvalue weighted by atomic mass is 32.2. The molecule has 0 fully saturated rings. The summed E-state index contributed by atoms with van der Waals surface area (Å²) in [5.74, 6) is 0. The van der Waals surface area contributed by atoms with Crippen molar-refractivity contribution in [2.24, 2.45) is 0 Å². The van der Waals surface area contributed by atoms with Gasteiger partial charge in [0, 0.05) is 23.7 Å². The fourth-order valence-corrected chi connectivity index (χ4v) is 5.56. The Balaban J connectivity index is 2.05. The molecule has 2 aromatic rings. The quantitative estimate of drug-likeness (QED) is 0.865. The number of thiophene rings is 1. The van der Waals surface area contributed by atoms with Gasteiger partial charge in [-0.3, -0.25) is 0 Å². The second kappa shape index (κ2) is 5.12. The summed E-state index contributed by atoms with van der Waals surface area (Å²) in [5.41, 5.74) is 8.93. The highest BCUT2D eigenvalue weighted by Crippen LogP contribution is 2.32. The van der Waals surface area contributed by atoms with Crippen LogP contribution >= 0.6 is 11.3 Å². The highest BCUT2D eigenvalue weighted by molar-refractivity contribution is 7.89. The van der Waals surface area contributed by atoms with Crippen molar-refractivity contribution in [2.75, 3.05) is 12.3 Å². The van der Waals surface area contributed by atoms with Gasteiger partial charge in [0.05, 0.1) is 4.90 Å². The van der Waals surface area contributed by atoms with E-state index in [-0.39, 0.29) is 0 Å². The summed E-state index contributed by atoms with van der Waals surface area (Å²) in [6.07, 6.45) is 0.784. The third-order valence-corrected chi connectivity index (χ3v) is 7.17. The summed E-state index contributed by atoms with van der Waals surface area (Å²) < 4.78 is 27.5. The number of fused-ring (bicyclic) bond motifs is 1. The Kier molecular flexibility index (Phi) is 3.55. The second-order valence-corrected chi connectivity index (χ2v) is 8.26. The number of aryl methyl sites for hydroxylation is 1. The summed E-state index contributed by atoms with van der Waals surface area (Å²) in [6.45, 7) is 4.58. The first kappa shape index (κ1) is 14.6. The number of hydrogen-bond donors (Lipinski definition) is 1. The normalized spacial score (nSPS) is 15.9. The predicted octanol–water partition coefficient (Wildman–Crippen LogP) is 2.69. The van der Waals surface area contributed by atoms with Crippen molar-refractivity contribution in [1.29, 1.82) is 0 Å². The van der Waals surface area contributed by atoms with E-state index in [4.69, 9.17) is 5.73 Å². The van der Waals surface area contributed by atoms with Crippen LogP contribution in [-0.2, 0) is 23.0 Å². The third kappa shape index (κ3) is 2.37. The maximum atomic E-state index is 13.0. The Morgan fingerprint density at radius 1 is 1.24 bits per heavy atom. The molecule has 1 aliphatic heterocycles. The first-order chi connectivity index (χ1) is 9.91. The van der Waals surface area contributed by atoms with Crippen LogP contribution in [0, 0.1) is 13.8 Å². The molecular weight excluding hydrogens is 304 g/mol. The van der Waals surface area contributed by atoms with Gasteiger partial charge < -0.3 is 5.73 Å². The van der Waals surface area contributed by atoms with Gasteiger partial charge >= 0.3 is 0 Å². The number of nitrogens with two attached hydrogens (primary N) is 1.